The summed E-state index contributed by atoms with van der Waals surface area (Å²) in [6.07, 6.45) is 1.73. The molecule has 0 saturated heterocycles. The Morgan fingerprint density at radius 1 is 1.07 bits per heavy atom. The van der Waals surface area contributed by atoms with E-state index in [1.807, 2.05) is 36.4 Å². The van der Waals surface area contributed by atoms with Crippen LogP contribution in [0, 0.1) is 6.92 Å². The van der Waals surface area contributed by atoms with E-state index in [-0.39, 0.29) is 12.7 Å². The molecule has 0 atom stereocenters. The Kier molecular flexibility index (Phi) is 5.01. The van der Waals surface area contributed by atoms with E-state index in [0.29, 0.717) is 41.9 Å². The smallest absolute Gasteiger partial charge is 0.270 e. The van der Waals surface area contributed by atoms with Gasteiger partial charge in [-0.3, -0.25) is 9.78 Å². The van der Waals surface area contributed by atoms with Crippen molar-refractivity contribution in [3.63, 3.8) is 0 Å². The van der Waals surface area contributed by atoms with Crippen molar-refractivity contribution in [2.75, 3.05) is 12.1 Å². The van der Waals surface area contributed by atoms with E-state index < -0.39 is 0 Å². The number of benzene rings is 1. The Bertz CT molecular complexity index is 994. The molecule has 4 rings (SSSR count). The fourth-order valence-electron chi connectivity index (χ4n) is 2.78. The summed E-state index contributed by atoms with van der Waals surface area (Å²) in [7, 11) is 0. The summed E-state index contributed by atoms with van der Waals surface area (Å²) in [5.41, 5.74) is 2.10. The molecule has 3 aromatic rings. The number of pyridine rings is 1. The second kappa shape index (κ2) is 7.91. The summed E-state index contributed by atoms with van der Waals surface area (Å²) in [6, 6.07) is 12.9. The fraction of sp³-hybridized carbons (Fsp3) is 0.200. The zero-order valence-corrected chi connectivity index (χ0v) is 15.3. The van der Waals surface area contributed by atoms with Gasteiger partial charge < -0.3 is 20.1 Å². The van der Waals surface area contributed by atoms with Crippen molar-refractivity contribution in [2.24, 2.45) is 0 Å². The van der Waals surface area contributed by atoms with Gasteiger partial charge in [0.25, 0.3) is 5.91 Å². The van der Waals surface area contributed by atoms with Gasteiger partial charge in [-0.1, -0.05) is 12.1 Å². The van der Waals surface area contributed by atoms with Gasteiger partial charge >= 0.3 is 0 Å². The van der Waals surface area contributed by atoms with Gasteiger partial charge in [0.2, 0.25) is 6.79 Å². The molecular formula is C20H19N5O3. The maximum absolute atomic E-state index is 12.5. The largest absolute Gasteiger partial charge is 0.454 e. The number of ether oxygens (including phenoxy) is 2. The van der Waals surface area contributed by atoms with E-state index in [1.54, 1.807) is 19.2 Å². The minimum atomic E-state index is -0.274. The molecule has 3 heterocycles. The molecule has 8 nitrogen and oxygen atoms in total. The van der Waals surface area contributed by atoms with Crippen molar-refractivity contribution in [3.8, 4) is 11.5 Å². The first-order chi connectivity index (χ1) is 13.7. The van der Waals surface area contributed by atoms with Crippen LogP contribution in [0.4, 0.5) is 5.82 Å². The molecule has 2 aromatic heterocycles. The van der Waals surface area contributed by atoms with E-state index in [4.69, 9.17) is 9.47 Å². The number of aromatic nitrogens is 3. The predicted molar refractivity (Wildman–Crippen MR) is 102 cm³/mol. The minimum Gasteiger partial charge on any atom is -0.454 e. The molecule has 1 amide bonds. The first-order valence-electron chi connectivity index (χ1n) is 8.83. The quantitative estimate of drug-likeness (QED) is 0.681. The van der Waals surface area contributed by atoms with Gasteiger partial charge in [0.05, 0.1) is 12.2 Å². The molecule has 0 aliphatic carbocycles. The molecule has 1 aliphatic heterocycles. The van der Waals surface area contributed by atoms with Crippen LogP contribution in [0.1, 0.15) is 27.6 Å². The summed E-state index contributed by atoms with van der Waals surface area (Å²) in [4.78, 5) is 25.4. The predicted octanol–water partition coefficient (Wildman–Crippen LogP) is 2.45. The van der Waals surface area contributed by atoms with Crippen molar-refractivity contribution in [3.05, 3.63) is 71.4 Å². The molecule has 0 saturated carbocycles. The number of carbonyl (C=O) groups excluding carboxylic acids is 1. The zero-order valence-electron chi connectivity index (χ0n) is 15.3. The summed E-state index contributed by atoms with van der Waals surface area (Å²) < 4.78 is 10.6. The number of amides is 1. The molecule has 0 spiro atoms. The summed E-state index contributed by atoms with van der Waals surface area (Å²) >= 11 is 0. The van der Waals surface area contributed by atoms with Crippen LogP contribution in [-0.2, 0) is 13.1 Å². The topological polar surface area (TPSA) is 98.3 Å². The monoisotopic (exact) mass is 377 g/mol. The van der Waals surface area contributed by atoms with Crippen LogP contribution in [-0.4, -0.2) is 27.7 Å². The zero-order chi connectivity index (χ0) is 19.3. The van der Waals surface area contributed by atoms with Gasteiger partial charge in [-0.2, -0.15) is 0 Å². The molecule has 8 heteroatoms. The SMILES string of the molecule is Cc1nc(NCc2ccccn2)cc(C(=O)NCc2ccc3c(c2)OCO3)n1. The Hall–Kier alpha value is -3.68. The number of nitrogens with zero attached hydrogens (tertiary/aromatic N) is 3. The van der Waals surface area contributed by atoms with Crippen LogP contribution in [0.2, 0.25) is 0 Å². The number of nitrogens with one attached hydrogen (secondary N) is 2. The highest BCUT2D eigenvalue weighted by molar-refractivity contribution is 5.92. The molecule has 0 bridgehead atoms. The number of carbonyl (C=O) groups is 1. The van der Waals surface area contributed by atoms with Gasteiger partial charge in [0.15, 0.2) is 11.5 Å². The number of fused-ring (bicyclic) bond motifs is 1. The molecule has 0 radical (unpaired) electrons. The van der Waals surface area contributed by atoms with E-state index in [1.165, 1.54) is 0 Å². The van der Waals surface area contributed by atoms with Crippen LogP contribution in [0.3, 0.4) is 0 Å². The molecule has 0 fully saturated rings. The second-order valence-corrected chi connectivity index (χ2v) is 6.23. The second-order valence-electron chi connectivity index (χ2n) is 6.23. The first-order valence-corrected chi connectivity index (χ1v) is 8.83. The summed E-state index contributed by atoms with van der Waals surface area (Å²) in [5, 5.41) is 6.04. The lowest BCUT2D eigenvalue weighted by molar-refractivity contribution is 0.0945. The molecule has 0 unspecified atom stereocenters. The van der Waals surface area contributed by atoms with Crippen molar-refractivity contribution in [2.45, 2.75) is 20.0 Å². The molecule has 1 aliphatic rings. The molecule has 28 heavy (non-hydrogen) atoms. The lowest BCUT2D eigenvalue weighted by Crippen LogP contribution is -2.24. The van der Waals surface area contributed by atoms with Crippen LogP contribution < -0.4 is 20.1 Å². The molecule has 1 aromatic carbocycles. The number of rotatable bonds is 6. The van der Waals surface area contributed by atoms with Gasteiger partial charge in [-0.15, -0.1) is 0 Å². The van der Waals surface area contributed by atoms with Gasteiger partial charge in [-0.05, 0) is 36.8 Å². The van der Waals surface area contributed by atoms with Crippen LogP contribution in [0.25, 0.3) is 0 Å². The maximum atomic E-state index is 12.5. The lowest BCUT2D eigenvalue weighted by Gasteiger charge is -2.09. The normalized spacial score (nSPS) is 11.9. The number of aryl methyl sites for hydroxylation is 1. The standard InChI is InChI=1S/C20H19N5O3/c1-13-24-16(9-19(25-13)22-11-15-4-2-3-7-21-15)20(26)23-10-14-5-6-17-18(8-14)28-12-27-17/h2-9H,10-12H2,1H3,(H,23,26)(H,22,24,25). The molecule has 2 N–H and O–H groups in total. The Morgan fingerprint density at radius 2 is 1.96 bits per heavy atom. The Labute approximate surface area is 162 Å². The Morgan fingerprint density at radius 3 is 2.82 bits per heavy atom. The number of anilines is 1. The van der Waals surface area contributed by atoms with Gasteiger partial charge in [0.1, 0.15) is 17.3 Å². The van der Waals surface area contributed by atoms with Gasteiger partial charge in [-0.25, -0.2) is 9.97 Å². The van der Waals surface area contributed by atoms with E-state index in [9.17, 15) is 4.79 Å². The third-order valence-electron chi connectivity index (χ3n) is 4.14. The summed E-state index contributed by atoms with van der Waals surface area (Å²) in [5.74, 6) is 2.21. The van der Waals surface area contributed by atoms with E-state index in [0.717, 1.165) is 11.3 Å². The number of hydrogen-bond donors (Lipinski definition) is 2. The fourth-order valence-corrected chi connectivity index (χ4v) is 2.78. The number of hydrogen-bond acceptors (Lipinski definition) is 7. The van der Waals surface area contributed by atoms with Crippen LogP contribution >= 0.6 is 0 Å². The van der Waals surface area contributed by atoms with Crippen molar-refractivity contribution < 1.29 is 14.3 Å². The Balaban J connectivity index is 1.40. The lowest BCUT2D eigenvalue weighted by atomic mass is 10.2. The highest BCUT2D eigenvalue weighted by Gasteiger charge is 2.14. The minimum absolute atomic E-state index is 0.222. The third kappa shape index (κ3) is 4.17. The summed E-state index contributed by atoms with van der Waals surface area (Å²) in [6.45, 7) is 2.84. The highest BCUT2D eigenvalue weighted by atomic mass is 16.7. The van der Waals surface area contributed by atoms with Crippen molar-refractivity contribution in [1.82, 2.24) is 20.3 Å². The maximum Gasteiger partial charge on any atom is 0.270 e. The average Bonchev–Trinajstić information content (AvgIpc) is 3.19. The highest BCUT2D eigenvalue weighted by Crippen LogP contribution is 2.32. The van der Waals surface area contributed by atoms with Crippen molar-refractivity contribution >= 4 is 11.7 Å². The van der Waals surface area contributed by atoms with Crippen LogP contribution in [0.5, 0.6) is 11.5 Å². The molecule has 142 valence electrons. The first kappa shape index (κ1) is 17.7. The third-order valence-corrected chi connectivity index (χ3v) is 4.14. The molecular weight excluding hydrogens is 358 g/mol. The average molecular weight is 377 g/mol. The van der Waals surface area contributed by atoms with Crippen molar-refractivity contribution in [1.29, 1.82) is 0 Å². The van der Waals surface area contributed by atoms with E-state index in [2.05, 4.69) is 25.6 Å². The van der Waals surface area contributed by atoms with E-state index >= 15 is 0 Å². The van der Waals surface area contributed by atoms with Gasteiger partial charge in [0, 0.05) is 18.8 Å². The van der Waals surface area contributed by atoms with Crippen LogP contribution in [0.15, 0.2) is 48.7 Å².